The van der Waals surface area contributed by atoms with Gasteiger partial charge in [0.05, 0.1) is 0 Å². The molecular weight excluding hydrogens is 204 g/mol. The minimum Gasteiger partial charge on any atom is -0.0683 e. The molecule has 0 aliphatic heterocycles. The maximum absolute atomic E-state index is 2.31. The summed E-state index contributed by atoms with van der Waals surface area (Å²) in [6, 6.07) is 15.2. The first kappa shape index (κ1) is 13.8. The summed E-state index contributed by atoms with van der Waals surface area (Å²) < 4.78 is 0. The van der Waals surface area contributed by atoms with E-state index in [0.29, 0.717) is 11.8 Å². The molecule has 2 aromatic carbocycles. The summed E-state index contributed by atoms with van der Waals surface area (Å²) in [6.45, 7) is 10.9. The van der Waals surface area contributed by atoms with Gasteiger partial charge in [0.25, 0.3) is 0 Å². The van der Waals surface area contributed by atoms with Gasteiger partial charge in [0.2, 0.25) is 0 Å². The molecule has 0 N–H and O–H groups in total. The summed E-state index contributed by atoms with van der Waals surface area (Å²) in [5, 5.41) is 2.75. The lowest BCUT2D eigenvalue weighted by atomic mass is 9.87. The molecule has 0 heterocycles. The van der Waals surface area contributed by atoms with E-state index in [1.54, 1.807) is 0 Å². The first-order valence-corrected chi connectivity index (χ1v) is 6.68. The number of hydrogen-bond donors (Lipinski definition) is 0. The zero-order chi connectivity index (χ0) is 12.8. The molecule has 0 heteroatoms. The standard InChI is InChI=1S/C15H18.C2H6/c1-11(2)12(3)14-10-6-8-13-7-4-5-9-15(13)14;1-2/h4-12H,1-3H3;1-2H3. The van der Waals surface area contributed by atoms with Crippen LogP contribution in [0.5, 0.6) is 0 Å². The molecule has 0 aromatic heterocycles. The summed E-state index contributed by atoms with van der Waals surface area (Å²) in [6.07, 6.45) is 0. The van der Waals surface area contributed by atoms with Gasteiger partial charge in [-0.3, -0.25) is 0 Å². The zero-order valence-corrected chi connectivity index (χ0v) is 11.7. The Hall–Kier alpha value is -1.30. The maximum atomic E-state index is 2.31. The van der Waals surface area contributed by atoms with E-state index in [2.05, 4.69) is 63.2 Å². The van der Waals surface area contributed by atoms with Crippen molar-refractivity contribution in [3.63, 3.8) is 0 Å². The molecule has 17 heavy (non-hydrogen) atoms. The van der Waals surface area contributed by atoms with Crippen LogP contribution in [0.15, 0.2) is 42.5 Å². The van der Waals surface area contributed by atoms with E-state index < -0.39 is 0 Å². The Morgan fingerprint density at radius 1 is 0.765 bits per heavy atom. The number of fused-ring (bicyclic) bond motifs is 1. The van der Waals surface area contributed by atoms with Gasteiger partial charge in [0, 0.05) is 0 Å². The predicted molar refractivity (Wildman–Crippen MR) is 78.5 cm³/mol. The topological polar surface area (TPSA) is 0 Å². The molecule has 2 aromatic rings. The molecule has 0 aliphatic carbocycles. The highest BCUT2D eigenvalue weighted by molar-refractivity contribution is 5.86. The molecule has 1 unspecified atom stereocenters. The summed E-state index contributed by atoms with van der Waals surface area (Å²) in [4.78, 5) is 0. The van der Waals surface area contributed by atoms with Gasteiger partial charge in [-0.15, -0.1) is 0 Å². The van der Waals surface area contributed by atoms with Crippen LogP contribution in [0.25, 0.3) is 10.8 Å². The smallest absolute Gasteiger partial charge is 0.0149 e. The van der Waals surface area contributed by atoms with Crippen molar-refractivity contribution in [1.29, 1.82) is 0 Å². The van der Waals surface area contributed by atoms with Crippen LogP contribution in [0.3, 0.4) is 0 Å². The second-order valence-corrected chi connectivity index (χ2v) is 4.60. The van der Waals surface area contributed by atoms with Gasteiger partial charge < -0.3 is 0 Å². The molecule has 0 fully saturated rings. The third-order valence-electron chi connectivity index (χ3n) is 3.31. The van der Waals surface area contributed by atoms with Gasteiger partial charge in [0.1, 0.15) is 0 Å². The van der Waals surface area contributed by atoms with E-state index in [1.165, 1.54) is 16.3 Å². The number of benzene rings is 2. The van der Waals surface area contributed by atoms with Crippen LogP contribution in [0.1, 0.15) is 46.1 Å². The fraction of sp³-hybridized carbons (Fsp3) is 0.412. The molecule has 0 saturated heterocycles. The van der Waals surface area contributed by atoms with Crippen LogP contribution < -0.4 is 0 Å². The highest BCUT2D eigenvalue weighted by Gasteiger charge is 2.12. The predicted octanol–water partition coefficient (Wildman–Crippen LogP) is 5.63. The maximum Gasteiger partial charge on any atom is -0.0149 e. The fourth-order valence-electron chi connectivity index (χ4n) is 2.01. The van der Waals surface area contributed by atoms with Gasteiger partial charge in [-0.05, 0) is 28.2 Å². The van der Waals surface area contributed by atoms with Crippen LogP contribution in [0, 0.1) is 5.92 Å². The molecule has 1 atom stereocenters. The largest absolute Gasteiger partial charge is 0.0683 e. The Balaban J connectivity index is 0.000000686. The zero-order valence-electron chi connectivity index (χ0n) is 11.7. The van der Waals surface area contributed by atoms with E-state index in [0.717, 1.165) is 0 Å². The molecule has 2 rings (SSSR count). The van der Waals surface area contributed by atoms with Gasteiger partial charge >= 0.3 is 0 Å². The minimum absolute atomic E-state index is 0.621. The second kappa shape index (κ2) is 6.44. The van der Waals surface area contributed by atoms with E-state index in [4.69, 9.17) is 0 Å². The van der Waals surface area contributed by atoms with Gasteiger partial charge in [0.15, 0.2) is 0 Å². The van der Waals surface area contributed by atoms with Crippen molar-refractivity contribution >= 4 is 10.8 Å². The lowest BCUT2D eigenvalue weighted by molar-refractivity contribution is 0.538. The van der Waals surface area contributed by atoms with Crippen LogP contribution in [0.2, 0.25) is 0 Å². The van der Waals surface area contributed by atoms with Crippen LogP contribution >= 0.6 is 0 Å². The SMILES string of the molecule is CC.CC(C)C(C)c1cccc2ccccc12. The molecule has 0 amide bonds. The van der Waals surface area contributed by atoms with Gasteiger partial charge in [-0.1, -0.05) is 77.1 Å². The van der Waals surface area contributed by atoms with Crippen molar-refractivity contribution in [3.8, 4) is 0 Å². The third-order valence-corrected chi connectivity index (χ3v) is 3.31. The van der Waals surface area contributed by atoms with Crippen LogP contribution in [-0.4, -0.2) is 0 Å². The quantitative estimate of drug-likeness (QED) is 0.625. The molecule has 0 spiro atoms. The number of rotatable bonds is 2. The monoisotopic (exact) mass is 228 g/mol. The Morgan fingerprint density at radius 3 is 2.00 bits per heavy atom. The molecular formula is C17H24. The molecule has 0 bridgehead atoms. The van der Waals surface area contributed by atoms with Crippen molar-refractivity contribution in [2.24, 2.45) is 5.92 Å². The van der Waals surface area contributed by atoms with E-state index in [9.17, 15) is 0 Å². The Kier molecular flexibility index (Phi) is 5.21. The third kappa shape index (κ3) is 3.09. The van der Waals surface area contributed by atoms with Gasteiger partial charge in [-0.2, -0.15) is 0 Å². The highest BCUT2D eigenvalue weighted by Crippen LogP contribution is 2.29. The van der Waals surface area contributed by atoms with Crippen molar-refractivity contribution in [1.82, 2.24) is 0 Å². The van der Waals surface area contributed by atoms with E-state index >= 15 is 0 Å². The van der Waals surface area contributed by atoms with E-state index in [-0.39, 0.29) is 0 Å². The minimum atomic E-state index is 0.621. The molecule has 0 nitrogen and oxygen atoms in total. The fourth-order valence-corrected chi connectivity index (χ4v) is 2.01. The summed E-state index contributed by atoms with van der Waals surface area (Å²) in [5.74, 6) is 1.31. The average Bonchev–Trinajstić information content (AvgIpc) is 2.39. The summed E-state index contributed by atoms with van der Waals surface area (Å²) in [5.41, 5.74) is 1.48. The Morgan fingerprint density at radius 2 is 1.35 bits per heavy atom. The van der Waals surface area contributed by atoms with Crippen molar-refractivity contribution in [2.75, 3.05) is 0 Å². The van der Waals surface area contributed by atoms with Crippen molar-refractivity contribution in [3.05, 3.63) is 48.0 Å². The van der Waals surface area contributed by atoms with Crippen molar-refractivity contribution < 1.29 is 0 Å². The molecule has 0 saturated carbocycles. The van der Waals surface area contributed by atoms with Crippen LogP contribution in [-0.2, 0) is 0 Å². The second-order valence-electron chi connectivity index (χ2n) is 4.60. The Labute approximate surface area is 106 Å². The normalized spacial score (nSPS) is 12.1. The first-order chi connectivity index (χ1) is 8.20. The van der Waals surface area contributed by atoms with Crippen LogP contribution in [0.4, 0.5) is 0 Å². The summed E-state index contributed by atoms with van der Waals surface area (Å²) >= 11 is 0. The first-order valence-electron chi connectivity index (χ1n) is 6.68. The molecule has 92 valence electrons. The highest BCUT2D eigenvalue weighted by atomic mass is 14.2. The van der Waals surface area contributed by atoms with Crippen molar-refractivity contribution in [2.45, 2.75) is 40.5 Å². The molecule has 0 aliphatic rings. The lowest BCUT2D eigenvalue weighted by Crippen LogP contribution is -2.02. The number of hydrogen-bond acceptors (Lipinski definition) is 0. The summed E-state index contributed by atoms with van der Waals surface area (Å²) in [7, 11) is 0. The average molecular weight is 228 g/mol. The van der Waals surface area contributed by atoms with E-state index in [1.807, 2.05) is 13.8 Å². The molecule has 0 radical (unpaired) electrons. The van der Waals surface area contributed by atoms with Gasteiger partial charge in [-0.25, -0.2) is 0 Å². The Bertz CT molecular complexity index is 449. The lowest BCUT2D eigenvalue weighted by Gasteiger charge is -2.18.